The van der Waals surface area contributed by atoms with Crippen LogP contribution < -0.4 is 5.73 Å². The number of nitrogens with zero attached hydrogens (tertiary/aromatic N) is 1. The van der Waals surface area contributed by atoms with Crippen LogP contribution in [0, 0.1) is 17.6 Å². The Kier molecular flexibility index (Phi) is 2.48. The number of ether oxygens (including phenoxy) is 1. The highest BCUT2D eigenvalue weighted by Gasteiger charge is 2.64. The monoisotopic (exact) mass is 274 g/mol. The first kappa shape index (κ1) is 12.3. The van der Waals surface area contributed by atoms with Crippen LogP contribution in [-0.2, 0) is 10.3 Å². The summed E-state index contributed by atoms with van der Waals surface area (Å²) in [4.78, 5) is 3.62. The highest BCUT2D eigenvalue weighted by Crippen LogP contribution is 2.56. The van der Waals surface area contributed by atoms with E-state index >= 15 is 0 Å². The normalized spacial score (nSPS) is 32.6. The number of aliphatic imine (C=N–C) groups is 1. The van der Waals surface area contributed by atoms with Crippen molar-refractivity contribution in [3.63, 3.8) is 0 Å². The first-order valence-corrected chi connectivity index (χ1v) is 5.71. The first-order chi connectivity index (χ1) is 8.96. The van der Waals surface area contributed by atoms with Gasteiger partial charge >= 0.3 is 0 Å². The molecular formula is C12H10F4N2O. The van der Waals surface area contributed by atoms with E-state index in [0.717, 1.165) is 12.1 Å². The van der Waals surface area contributed by atoms with Crippen molar-refractivity contribution in [2.45, 2.75) is 24.5 Å². The Bertz CT molecular complexity index is 563. The van der Waals surface area contributed by atoms with Gasteiger partial charge in [-0.3, -0.25) is 0 Å². The molecule has 1 fully saturated rings. The number of amidine groups is 1. The topological polar surface area (TPSA) is 47.6 Å². The zero-order valence-corrected chi connectivity index (χ0v) is 9.62. The van der Waals surface area contributed by atoms with Crippen LogP contribution in [0.4, 0.5) is 17.6 Å². The highest BCUT2D eigenvalue weighted by atomic mass is 19.3. The van der Waals surface area contributed by atoms with Crippen molar-refractivity contribution in [2.24, 2.45) is 16.6 Å². The van der Waals surface area contributed by atoms with Crippen LogP contribution in [0.2, 0.25) is 0 Å². The summed E-state index contributed by atoms with van der Waals surface area (Å²) < 4.78 is 59.2. The summed E-state index contributed by atoms with van der Waals surface area (Å²) in [5.74, 6) is -3.18. The van der Waals surface area contributed by atoms with Gasteiger partial charge in [-0.25, -0.2) is 22.6 Å². The van der Waals surface area contributed by atoms with Gasteiger partial charge in [-0.15, -0.1) is 0 Å². The standard InChI is InChI=1S/C12H10F4N2O/c13-7-3-1-2-5(9(7)14)12(10(15)16)6-4-8(6)19-11(17)18-12/h1-3,6,8,10H,4H2,(H2,17,18)/t6-,8+,12?/m0/s1. The number of nitrogens with two attached hydrogens (primary N) is 1. The fourth-order valence-corrected chi connectivity index (χ4v) is 2.61. The zero-order valence-electron chi connectivity index (χ0n) is 9.62. The fraction of sp³-hybridized carbons (Fsp3) is 0.417. The summed E-state index contributed by atoms with van der Waals surface area (Å²) in [6, 6.07) is 2.75. The molecule has 1 saturated carbocycles. The van der Waals surface area contributed by atoms with Gasteiger partial charge in [0.25, 0.3) is 12.4 Å². The van der Waals surface area contributed by atoms with Crippen molar-refractivity contribution in [1.82, 2.24) is 0 Å². The maximum atomic E-state index is 13.9. The van der Waals surface area contributed by atoms with Crippen molar-refractivity contribution in [3.8, 4) is 0 Å². The molecule has 1 heterocycles. The fourth-order valence-electron chi connectivity index (χ4n) is 2.61. The minimum absolute atomic E-state index is 0.296. The molecule has 0 spiro atoms. The first-order valence-electron chi connectivity index (χ1n) is 5.71. The van der Waals surface area contributed by atoms with Gasteiger partial charge in [-0.1, -0.05) is 12.1 Å². The third kappa shape index (κ3) is 1.60. The number of hydrogen-bond donors (Lipinski definition) is 1. The molecule has 2 aliphatic rings. The minimum atomic E-state index is -3.00. The smallest absolute Gasteiger partial charge is 0.283 e. The van der Waals surface area contributed by atoms with Crippen LogP contribution in [0.1, 0.15) is 12.0 Å². The lowest BCUT2D eigenvalue weighted by molar-refractivity contribution is 0.0173. The van der Waals surface area contributed by atoms with Crippen molar-refractivity contribution in [3.05, 3.63) is 35.4 Å². The molecular weight excluding hydrogens is 264 g/mol. The number of fused-ring (bicyclic) bond motifs is 1. The third-order valence-corrected chi connectivity index (χ3v) is 3.58. The summed E-state index contributed by atoms with van der Waals surface area (Å²) in [7, 11) is 0. The second-order valence-electron chi connectivity index (χ2n) is 4.68. The van der Waals surface area contributed by atoms with Gasteiger partial charge in [-0.2, -0.15) is 0 Å². The minimum Gasteiger partial charge on any atom is -0.462 e. The van der Waals surface area contributed by atoms with E-state index < -0.39 is 47.2 Å². The second kappa shape index (κ2) is 3.85. The van der Waals surface area contributed by atoms with Crippen molar-refractivity contribution in [1.29, 1.82) is 0 Å². The van der Waals surface area contributed by atoms with Gasteiger partial charge in [0.05, 0.1) is 0 Å². The average Bonchev–Trinajstić information content (AvgIpc) is 3.10. The number of halogens is 4. The molecule has 2 N–H and O–H groups in total. The maximum Gasteiger partial charge on any atom is 0.283 e. The number of hydrogen-bond acceptors (Lipinski definition) is 3. The Morgan fingerprint density at radius 3 is 2.79 bits per heavy atom. The van der Waals surface area contributed by atoms with E-state index in [-0.39, 0.29) is 0 Å². The van der Waals surface area contributed by atoms with E-state index in [1.807, 2.05) is 0 Å². The lowest BCUT2D eigenvalue weighted by atomic mass is 9.84. The van der Waals surface area contributed by atoms with Gasteiger partial charge in [0.15, 0.2) is 17.2 Å². The molecule has 0 amide bonds. The average molecular weight is 274 g/mol. The summed E-state index contributed by atoms with van der Waals surface area (Å²) in [5.41, 5.74) is 2.74. The Morgan fingerprint density at radius 1 is 1.37 bits per heavy atom. The van der Waals surface area contributed by atoms with E-state index in [1.54, 1.807) is 0 Å². The van der Waals surface area contributed by atoms with Gasteiger partial charge in [0, 0.05) is 11.5 Å². The molecule has 7 heteroatoms. The molecule has 1 aromatic carbocycles. The van der Waals surface area contributed by atoms with Gasteiger partial charge in [-0.05, 0) is 12.5 Å². The van der Waals surface area contributed by atoms with Crippen LogP contribution in [0.15, 0.2) is 23.2 Å². The van der Waals surface area contributed by atoms with Crippen LogP contribution in [-0.4, -0.2) is 18.6 Å². The van der Waals surface area contributed by atoms with E-state index in [2.05, 4.69) is 4.99 Å². The molecule has 3 nitrogen and oxygen atoms in total. The van der Waals surface area contributed by atoms with Crippen LogP contribution in [0.25, 0.3) is 0 Å². The van der Waals surface area contributed by atoms with Crippen LogP contribution >= 0.6 is 0 Å². The van der Waals surface area contributed by atoms with E-state index in [0.29, 0.717) is 6.42 Å². The largest absolute Gasteiger partial charge is 0.462 e. The lowest BCUT2D eigenvalue weighted by Crippen LogP contribution is -2.43. The Morgan fingerprint density at radius 2 is 2.11 bits per heavy atom. The van der Waals surface area contributed by atoms with E-state index in [9.17, 15) is 17.6 Å². The Hall–Kier alpha value is -1.79. The molecule has 0 bridgehead atoms. The number of alkyl halides is 2. The third-order valence-electron chi connectivity index (χ3n) is 3.58. The van der Waals surface area contributed by atoms with Gasteiger partial charge < -0.3 is 10.5 Å². The lowest BCUT2D eigenvalue weighted by Gasteiger charge is -2.33. The van der Waals surface area contributed by atoms with Crippen LogP contribution in [0.5, 0.6) is 0 Å². The summed E-state index contributed by atoms with van der Waals surface area (Å²) in [6.07, 6.45) is -3.21. The molecule has 1 aliphatic heterocycles. The molecule has 3 rings (SSSR count). The quantitative estimate of drug-likeness (QED) is 0.840. The van der Waals surface area contributed by atoms with Gasteiger partial charge in [0.1, 0.15) is 6.10 Å². The molecule has 0 aromatic heterocycles. The Balaban J connectivity index is 2.22. The molecule has 19 heavy (non-hydrogen) atoms. The van der Waals surface area contributed by atoms with Crippen molar-refractivity contribution >= 4 is 6.02 Å². The zero-order chi connectivity index (χ0) is 13.8. The molecule has 102 valence electrons. The molecule has 3 atom stereocenters. The molecule has 0 radical (unpaired) electrons. The number of benzene rings is 1. The predicted octanol–water partition coefficient (Wildman–Crippen LogP) is 2.16. The van der Waals surface area contributed by atoms with Crippen molar-refractivity contribution in [2.75, 3.05) is 0 Å². The highest BCUT2D eigenvalue weighted by molar-refractivity contribution is 5.74. The Labute approximate surface area is 106 Å². The SMILES string of the molecule is NC1=NC(c2cccc(F)c2F)(C(F)F)[C@H]2C[C@H]2O1. The predicted molar refractivity (Wildman–Crippen MR) is 58.6 cm³/mol. The number of rotatable bonds is 2. The van der Waals surface area contributed by atoms with Gasteiger partial charge in [0.2, 0.25) is 0 Å². The molecule has 1 aromatic rings. The van der Waals surface area contributed by atoms with Crippen molar-refractivity contribution < 1.29 is 22.3 Å². The maximum absolute atomic E-state index is 13.9. The van der Waals surface area contributed by atoms with Crippen LogP contribution in [0.3, 0.4) is 0 Å². The summed E-state index contributed by atoms with van der Waals surface area (Å²) >= 11 is 0. The molecule has 1 unspecified atom stereocenters. The summed E-state index contributed by atoms with van der Waals surface area (Å²) in [5, 5.41) is 0. The van der Waals surface area contributed by atoms with E-state index in [4.69, 9.17) is 10.5 Å². The second-order valence-corrected chi connectivity index (χ2v) is 4.68. The summed E-state index contributed by atoms with van der Waals surface area (Å²) in [6.45, 7) is 0. The molecule has 0 saturated heterocycles. The molecule has 1 aliphatic carbocycles. The van der Waals surface area contributed by atoms with E-state index in [1.165, 1.54) is 6.07 Å².